The van der Waals surface area contributed by atoms with E-state index < -0.39 is 17.7 Å². The molecule has 8 heteroatoms. The van der Waals surface area contributed by atoms with Gasteiger partial charge in [0.05, 0.1) is 12.2 Å². The summed E-state index contributed by atoms with van der Waals surface area (Å²) >= 11 is 0. The number of ether oxygens (including phenoxy) is 1. The van der Waals surface area contributed by atoms with Crippen molar-refractivity contribution in [3.8, 4) is 11.4 Å². The summed E-state index contributed by atoms with van der Waals surface area (Å²) in [7, 11) is 0. The second-order valence-corrected chi connectivity index (χ2v) is 3.72. The van der Waals surface area contributed by atoms with E-state index in [0.29, 0.717) is 5.56 Å². The number of halogens is 3. The van der Waals surface area contributed by atoms with E-state index in [0.717, 1.165) is 12.1 Å². The molecule has 1 heterocycles. The molecule has 0 aliphatic rings. The Labute approximate surface area is 111 Å². The van der Waals surface area contributed by atoms with Gasteiger partial charge in [0.2, 0.25) is 5.82 Å². The zero-order valence-corrected chi connectivity index (χ0v) is 10.3. The van der Waals surface area contributed by atoms with Crippen molar-refractivity contribution < 1.29 is 27.2 Å². The van der Waals surface area contributed by atoms with Crippen molar-refractivity contribution in [2.24, 2.45) is 0 Å². The van der Waals surface area contributed by atoms with Crippen LogP contribution in [0.4, 0.5) is 13.2 Å². The first-order valence-electron chi connectivity index (χ1n) is 5.60. The lowest BCUT2D eigenvalue weighted by molar-refractivity contribution is -0.137. The third-order valence-corrected chi connectivity index (χ3v) is 2.35. The van der Waals surface area contributed by atoms with Gasteiger partial charge in [-0.25, -0.2) is 4.79 Å². The molecule has 0 aliphatic carbocycles. The van der Waals surface area contributed by atoms with Crippen LogP contribution in [-0.2, 0) is 10.9 Å². The molecule has 0 amide bonds. The fraction of sp³-hybridized carbons (Fsp3) is 0.250. The molecular formula is C12H9F3N2O3. The lowest BCUT2D eigenvalue weighted by Crippen LogP contribution is -2.05. The summed E-state index contributed by atoms with van der Waals surface area (Å²) in [4.78, 5) is 15.1. The Balaban J connectivity index is 2.22. The van der Waals surface area contributed by atoms with Crippen LogP contribution in [0.2, 0.25) is 0 Å². The molecule has 0 radical (unpaired) electrons. The Morgan fingerprint density at radius 3 is 2.50 bits per heavy atom. The van der Waals surface area contributed by atoms with Gasteiger partial charge in [-0.1, -0.05) is 17.3 Å². The van der Waals surface area contributed by atoms with Crippen molar-refractivity contribution in [3.05, 3.63) is 35.7 Å². The minimum absolute atomic E-state index is 0.0155. The van der Waals surface area contributed by atoms with Crippen molar-refractivity contribution in [2.75, 3.05) is 6.61 Å². The van der Waals surface area contributed by atoms with Gasteiger partial charge in [0.1, 0.15) is 0 Å². The van der Waals surface area contributed by atoms with Crippen molar-refractivity contribution in [3.63, 3.8) is 0 Å². The minimum Gasteiger partial charge on any atom is -0.459 e. The van der Waals surface area contributed by atoms with Crippen molar-refractivity contribution in [2.45, 2.75) is 13.1 Å². The zero-order chi connectivity index (χ0) is 14.8. The fourth-order valence-electron chi connectivity index (χ4n) is 1.42. The zero-order valence-electron chi connectivity index (χ0n) is 10.3. The first-order valence-corrected chi connectivity index (χ1v) is 5.60. The number of carbonyl (C=O) groups excluding carboxylic acids is 1. The van der Waals surface area contributed by atoms with Crippen LogP contribution in [-0.4, -0.2) is 22.7 Å². The van der Waals surface area contributed by atoms with Crippen molar-refractivity contribution in [1.29, 1.82) is 0 Å². The quantitative estimate of drug-likeness (QED) is 0.812. The van der Waals surface area contributed by atoms with E-state index in [9.17, 15) is 18.0 Å². The molecule has 2 aromatic rings. The summed E-state index contributed by atoms with van der Waals surface area (Å²) in [6.45, 7) is 1.77. The molecule has 0 bridgehead atoms. The largest absolute Gasteiger partial charge is 0.459 e. The third-order valence-electron chi connectivity index (χ3n) is 2.35. The molecule has 20 heavy (non-hydrogen) atoms. The normalized spacial score (nSPS) is 11.4. The van der Waals surface area contributed by atoms with Crippen LogP contribution < -0.4 is 0 Å². The van der Waals surface area contributed by atoms with Gasteiger partial charge >= 0.3 is 18.0 Å². The number of rotatable bonds is 3. The second-order valence-electron chi connectivity index (χ2n) is 3.72. The molecule has 0 atom stereocenters. The van der Waals surface area contributed by atoms with E-state index in [2.05, 4.69) is 19.4 Å². The molecule has 0 unspecified atom stereocenters. The summed E-state index contributed by atoms with van der Waals surface area (Å²) in [5.41, 5.74) is -0.479. The van der Waals surface area contributed by atoms with E-state index in [-0.39, 0.29) is 18.3 Å². The molecule has 5 nitrogen and oxygen atoms in total. The maximum absolute atomic E-state index is 12.4. The van der Waals surface area contributed by atoms with Gasteiger partial charge in [0, 0.05) is 5.56 Å². The lowest BCUT2D eigenvalue weighted by Gasteiger charge is -2.05. The smallest absolute Gasteiger partial charge is 0.416 e. The number of hydrogen-bond acceptors (Lipinski definition) is 5. The predicted octanol–water partition coefficient (Wildman–Crippen LogP) is 2.93. The summed E-state index contributed by atoms with van der Waals surface area (Å²) in [6, 6.07) is 4.19. The molecule has 0 saturated carbocycles. The molecule has 1 aromatic heterocycles. The molecule has 0 saturated heterocycles. The van der Waals surface area contributed by atoms with Crippen LogP contribution in [0.25, 0.3) is 11.4 Å². The van der Waals surface area contributed by atoms with E-state index in [1.165, 1.54) is 12.1 Å². The summed E-state index contributed by atoms with van der Waals surface area (Å²) in [5, 5.41) is 3.51. The molecule has 1 aromatic carbocycles. The van der Waals surface area contributed by atoms with Crippen LogP contribution in [0.3, 0.4) is 0 Å². The van der Waals surface area contributed by atoms with E-state index >= 15 is 0 Å². The highest BCUT2D eigenvalue weighted by Gasteiger charge is 2.30. The fourth-order valence-corrected chi connectivity index (χ4v) is 1.42. The molecule has 0 spiro atoms. The Hall–Kier alpha value is -2.38. The van der Waals surface area contributed by atoms with Crippen LogP contribution in [0.1, 0.15) is 23.2 Å². The van der Waals surface area contributed by atoms with Gasteiger partial charge in [0.25, 0.3) is 0 Å². The van der Waals surface area contributed by atoms with Gasteiger partial charge < -0.3 is 9.26 Å². The predicted molar refractivity (Wildman–Crippen MR) is 60.7 cm³/mol. The first-order chi connectivity index (χ1) is 9.41. The monoisotopic (exact) mass is 286 g/mol. The van der Waals surface area contributed by atoms with Crippen LogP contribution in [0.5, 0.6) is 0 Å². The molecular weight excluding hydrogens is 277 g/mol. The maximum atomic E-state index is 12.4. The maximum Gasteiger partial charge on any atom is 0.416 e. The average Bonchev–Trinajstić information content (AvgIpc) is 2.88. The third kappa shape index (κ3) is 2.95. The number of nitrogens with zero attached hydrogens (tertiary/aromatic N) is 2. The second kappa shape index (κ2) is 5.32. The van der Waals surface area contributed by atoms with E-state index in [1.807, 2.05) is 0 Å². The highest BCUT2D eigenvalue weighted by molar-refractivity contribution is 5.84. The van der Waals surface area contributed by atoms with Gasteiger partial charge in [-0.3, -0.25) is 0 Å². The Morgan fingerprint density at radius 1 is 1.30 bits per heavy atom. The Morgan fingerprint density at radius 2 is 1.95 bits per heavy atom. The van der Waals surface area contributed by atoms with Crippen LogP contribution in [0.15, 0.2) is 28.8 Å². The molecule has 106 valence electrons. The van der Waals surface area contributed by atoms with Gasteiger partial charge in [-0.2, -0.15) is 18.2 Å². The van der Waals surface area contributed by atoms with Gasteiger partial charge in [-0.15, -0.1) is 0 Å². The highest BCUT2D eigenvalue weighted by Crippen LogP contribution is 2.30. The number of hydrogen-bond donors (Lipinski definition) is 0. The van der Waals surface area contributed by atoms with E-state index in [4.69, 9.17) is 0 Å². The van der Waals surface area contributed by atoms with E-state index in [1.54, 1.807) is 6.92 Å². The molecule has 2 rings (SSSR count). The standard InChI is InChI=1S/C12H9F3N2O3/c1-2-19-11(18)10-16-9(17-20-10)7-3-5-8(6-4-7)12(13,14)15/h3-6H,2H2,1H3. The number of esters is 1. The molecule has 0 N–H and O–H groups in total. The van der Waals surface area contributed by atoms with Crippen LogP contribution >= 0.6 is 0 Å². The highest BCUT2D eigenvalue weighted by atomic mass is 19.4. The average molecular weight is 286 g/mol. The minimum atomic E-state index is -4.41. The lowest BCUT2D eigenvalue weighted by atomic mass is 10.1. The molecule has 0 fully saturated rings. The summed E-state index contributed by atoms with van der Waals surface area (Å²) in [6.07, 6.45) is -4.41. The number of carbonyl (C=O) groups is 1. The number of benzene rings is 1. The SMILES string of the molecule is CCOC(=O)c1nc(-c2ccc(C(F)(F)F)cc2)no1. The first kappa shape index (κ1) is 14.0. The topological polar surface area (TPSA) is 65.2 Å². The number of alkyl halides is 3. The summed E-state index contributed by atoms with van der Waals surface area (Å²) < 4.78 is 46.5. The van der Waals surface area contributed by atoms with Gasteiger partial charge in [0.15, 0.2) is 0 Å². The van der Waals surface area contributed by atoms with Gasteiger partial charge in [-0.05, 0) is 19.1 Å². The van der Waals surface area contributed by atoms with Crippen molar-refractivity contribution >= 4 is 5.97 Å². The number of aromatic nitrogens is 2. The van der Waals surface area contributed by atoms with Crippen molar-refractivity contribution in [1.82, 2.24) is 10.1 Å². The van der Waals surface area contributed by atoms with Crippen LogP contribution in [0, 0.1) is 0 Å². The summed E-state index contributed by atoms with van der Waals surface area (Å²) in [5.74, 6) is -1.11. The molecule has 0 aliphatic heterocycles. The Kier molecular flexibility index (Phi) is 3.73. The Bertz CT molecular complexity index is 605.